The van der Waals surface area contributed by atoms with Gasteiger partial charge < -0.3 is 29.5 Å². The molecule has 0 aromatic heterocycles. The minimum Gasteiger partial charge on any atom is -0.462 e. The first-order chi connectivity index (χ1) is 15.6. The van der Waals surface area contributed by atoms with Crippen molar-refractivity contribution in [2.24, 2.45) is 34.5 Å². The number of aliphatic hydroxyl groups excluding tert-OH is 1. The van der Waals surface area contributed by atoms with Gasteiger partial charge in [-0.1, -0.05) is 6.92 Å². The SMILES string of the molecule is CCN1C[C@]2(COC)CC[C@H](O)[C@@]34[C@@H]5C[C@H]6[C@H](OC(C)=O)[C@@H]5[C@](O)(C[C@@H]6OC)[C@@](O)(C[C@H]23)[C@@H]14. The molecule has 6 fully saturated rings. The number of hydrogen-bond acceptors (Lipinski definition) is 8. The molecule has 1 spiro atoms. The van der Waals surface area contributed by atoms with Crippen LogP contribution >= 0.6 is 0 Å². The summed E-state index contributed by atoms with van der Waals surface area (Å²) in [4.78, 5) is 14.5. The number of carbonyl (C=O) groups excluding carboxylic acids is 1. The smallest absolute Gasteiger partial charge is 0.302 e. The highest BCUT2D eigenvalue weighted by Crippen LogP contribution is 2.80. The number of likely N-dealkylation sites (tertiary alicyclic amines) is 1. The summed E-state index contributed by atoms with van der Waals surface area (Å²) >= 11 is 0. The summed E-state index contributed by atoms with van der Waals surface area (Å²) in [6.45, 7) is 5.63. The summed E-state index contributed by atoms with van der Waals surface area (Å²) in [6.07, 6.45) is 1.61. The van der Waals surface area contributed by atoms with Crippen molar-refractivity contribution in [2.75, 3.05) is 33.9 Å². The van der Waals surface area contributed by atoms with Crippen LogP contribution in [0.5, 0.6) is 0 Å². The molecule has 6 aliphatic rings. The average Bonchev–Trinajstić information content (AvgIpc) is 3.17. The summed E-state index contributed by atoms with van der Waals surface area (Å²) < 4.78 is 17.5. The van der Waals surface area contributed by atoms with Gasteiger partial charge in [0.1, 0.15) is 17.3 Å². The number of fused-ring (bicyclic) bond motifs is 2. The first-order valence-corrected chi connectivity index (χ1v) is 12.7. The van der Waals surface area contributed by atoms with Crippen molar-refractivity contribution < 1.29 is 34.3 Å². The van der Waals surface area contributed by atoms with Crippen LogP contribution in [0, 0.1) is 34.5 Å². The Morgan fingerprint density at radius 2 is 1.94 bits per heavy atom. The summed E-state index contributed by atoms with van der Waals surface area (Å²) in [7, 11) is 3.37. The predicted octanol–water partition coefficient (Wildman–Crippen LogP) is 0.563. The van der Waals surface area contributed by atoms with Crippen LogP contribution in [0.25, 0.3) is 0 Å². The number of nitrogens with zero attached hydrogens (tertiary/aromatic N) is 1. The van der Waals surface area contributed by atoms with E-state index in [1.807, 2.05) is 0 Å². The van der Waals surface area contributed by atoms with Crippen molar-refractivity contribution in [1.29, 1.82) is 0 Å². The van der Waals surface area contributed by atoms with Crippen LogP contribution in [0.4, 0.5) is 0 Å². The van der Waals surface area contributed by atoms with Crippen molar-refractivity contribution in [1.82, 2.24) is 4.90 Å². The van der Waals surface area contributed by atoms with E-state index >= 15 is 0 Å². The van der Waals surface area contributed by atoms with Gasteiger partial charge in [-0.25, -0.2) is 0 Å². The van der Waals surface area contributed by atoms with Crippen LogP contribution in [0.3, 0.4) is 0 Å². The van der Waals surface area contributed by atoms with Gasteiger partial charge in [-0.15, -0.1) is 0 Å². The molecule has 186 valence electrons. The minimum atomic E-state index is -1.45. The molecule has 1 heterocycles. The molecule has 33 heavy (non-hydrogen) atoms. The van der Waals surface area contributed by atoms with E-state index in [0.717, 1.165) is 25.9 Å². The standard InChI is InChI=1S/C25H39NO7/c1-5-26-11-22(12-31-3)7-6-18(28)25-15-8-14-16(32-4)9-23(29,19(15)20(14)33-13(2)27)24(30,21(25)26)10-17(22)25/h14-21,28-30H,5-12H2,1-4H3/t14-,15-,16+,17-,18+,19-,20+,21-,22+,23-,24-,25-/m1/s1. The number of esters is 1. The van der Waals surface area contributed by atoms with Gasteiger partial charge in [-0.2, -0.15) is 0 Å². The van der Waals surface area contributed by atoms with E-state index < -0.39 is 34.7 Å². The van der Waals surface area contributed by atoms with E-state index in [0.29, 0.717) is 25.9 Å². The molecule has 12 atom stereocenters. The summed E-state index contributed by atoms with van der Waals surface area (Å²) in [5.41, 5.74) is -3.60. The van der Waals surface area contributed by atoms with Gasteiger partial charge in [0.2, 0.25) is 0 Å². The molecule has 6 rings (SSSR count). The van der Waals surface area contributed by atoms with Gasteiger partial charge in [0.05, 0.1) is 18.8 Å². The zero-order chi connectivity index (χ0) is 23.6. The van der Waals surface area contributed by atoms with Crippen molar-refractivity contribution in [3.05, 3.63) is 0 Å². The second-order valence-corrected chi connectivity index (χ2v) is 12.0. The molecule has 1 aliphatic heterocycles. The summed E-state index contributed by atoms with van der Waals surface area (Å²) in [6, 6.07) is -0.334. The monoisotopic (exact) mass is 465 g/mol. The number of rotatable bonds is 5. The molecule has 1 saturated heterocycles. The zero-order valence-electron chi connectivity index (χ0n) is 20.2. The van der Waals surface area contributed by atoms with E-state index in [2.05, 4.69) is 11.8 Å². The average molecular weight is 466 g/mol. The van der Waals surface area contributed by atoms with Gasteiger partial charge in [-0.05, 0) is 44.1 Å². The van der Waals surface area contributed by atoms with Crippen molar-refractivity contribution in [3.8, 4) is 0 Å². The molecular weight excluding hydrogens is 426 g/mol. The fourth-order valence-corrected chi connectivity index (χ4v) is 10.7. The van der Waals surface area contributed by atoms with Crippen LogP contribution in [-0.4, -0.2) is 95.7 Å². The number of piperidine rings is 1. The topological polar surface area (TPSA) is 109 Å². The van der Waals surface area contributed by atoms with Crippen molar-refractivity contribution >= 4 is 5.97 Å². The quantitative estimate of drug-likeness (QED) is 0.506. The van der Waals surface area contributed by atoms with Crippen LogP contribution in [0.2, 0.25) is 0 Å². The molecule has 5 saturated carbocycles. The Morgan fingerprint density at radius 3 is 2.58 bits per heavy atom. The van der Waals surface area contributed by atoms with Gasteiger partial charge in [0.25, 0.3) is 0 Å². The lowest BCUT2D eigenvalue weighted by Crippen LogP contribution is -2.81. The molecular formula is C25H39NO7. The molecule has 3 N–H and O–H groups in total. The van der Waals surface area contributed by atoms with Gasteiger partial charge in [-0.3, -0.25) is 9.69 Å². The predicted molar refractivity (Wildman–Crippen MR) is 117 cm³/mol. The lowest BCUT2D eigenvalue weighted by Gasteiger charge is -2.70. The molecule has 7 bridgehead atoms. The Bertz CT molecular complexity index is 855. The Morgan fingerprint density at radius 1 is 1.18 bits per heavy atom. The first kappa shape index (κ1) is 22.7. The molecule has 0 aromatic carbocycles. The number of methoxy groups -OCH3 is 2. The largest absolute Gasteiger partial charge is 0.462 e. The number of hydrogen-bond donors (Lipinski definition) is 3. The molecule has 5 aliphatic carbocycles. The third kappa shape index (κ3) is 2.32. The second kappa shape index (κ2) is 6.92. The third-order valence-corrected chi connectivity index (χ3v) is 11.3. The maximum Gasteiger partial charge on any atom is 0.302 e. The first-order valence-electron chi connectivity index (χ1n) is 12.7. The summed E-state index contributed by atoms with van der Waals surface area (Å²) in [5.74, 6) is -0.845. The zero-order valence-corrected chi connectivity index (χ0v) is 20.2. The second-order valence-electron chi connectivity index (χ2n) is 12.0. The van der Waals surface area contributed by atoms with Gasteiger partial charge >= 0.3 is 5.97 Å². The highest BCUT2D eigenvalue weighted by Gasteiger charge is 2.88. The molecule has 8 heteroatoms. The Kier molecular flexibility index (Phi) is 4.75. The Hall–Kier alpha value is -0.770. The maximum atomic E-state index is 12.7. The molecule has 0 unspecified atom stereocenters. The van der Waals surface area contributed by atoms with Crippen molar-refractivity contribution in [3.63, 3.8) is 0 Å². The van der Waals surface area contributed by atoms with E-state index in [-0.39, 0.29) is 41.3 Å². The minimum absolute atomic E-state index is 0.0452. The maximum absolute atomic E-state index is 12.7. The van der Waals surface area contributed by atoms with E-state index in [1.54, 1.807) is 14.2 Å². The molecule has 0 amide bonds. The van der Waals surface area contributed by atoms with Gasteiger partial charge in [0.15, 0.2) is 0 Å². The van der Waals surface area contributed by atoms with E-state index in [9.17, 15) is 20.1 Å². The lowest BCUT2D eigenvalue weighted by atomic mass is 9.42. The fraction of sp³-hybridized carbons (Fsp3) is 0.960. The van der Waals surface area contributed by atoms with Gasteiger partial charge in [0, 0.05) is 62.8 Å². The molecule has 0 radical (unpaired) electrons. The Labute approximate surface area is 195 Å². The van der Waals surface area contributed by atoms with E-state index in [4.69, 9.17) is 14.2 Å². The van der Waals surface area contributed by atoms with Crippen LogP contribution in [0.15, 0.2) is 0 Å². The number of likely N-dealkylation sites (N-methyl/N-ethyl adjacent to an activating group) is 1. The number of ether oxygens (including phenoxy) is 3. The number of aliphatic hydroxyl groups is 3. The van der Waals surface area contributed by atoms with Crippen molar-refractivity contribution in [2.45, 2.75) is 81.5 Å². The lowest BCUT2D eigenvalue weighted by molar-refractivity contribution is -0.313. The van der Waals surface area contributed by atoms with Crippen LogP contribution < -0.4 is 0 Å². The molecule has 0 aromatic rings. The highest BCUT2D eigenvalue weighted by atomic mass is 16.5. The normalized spacial score (nSPS) is 58.4. The fourth-order valence-electron chi connectivity index (χ4n) is 10.7. The molecule has 8 nitrogen and oxygen atoms in total. The summed E-state index contributed by atoms with van der Waals surface area (Å²) in [5, 5.41) is 37.0. The Balaban J connectivity index is 1.60. The highest BCUT2D eigenvalue weighted by molar-refractivity contribution is 5.66. The van der Waals surface area contributed by atoms with Crippen LogP contribution in [0.1, 0.15) is 46.0 Å². The number of carbonyl (C=O) groups is 1. The van der Waals surface area contributed by atoms with Crippen LogP contribution in [-0.2, 0) is 19.0 Å². The van der Waals surface area contributed by atoms with E-state index in [1.165, 1.54) is 6.92 Å². The third-order valence-electron chi connectivity index (χ3n) is 11.3.